The van der Waals surface area contributed by atoms with Crippen molar-refractivity contribution in [3.8, 4) is 5.75 Å². The smallest absolute Gasteiger partial charge is 0.399 e. The monoisotopic (exact) mass is 409 g/mol. The number of benzene rings is 1. The maximum Gasteiger partial charge on any atom is 0.494 e. The van der Waals surface area contributed by atoms with Gasteiger partial charge in [0.15, 0.2) is 5.75 Å². The molecule has 1 saturated heterocycles. The minimum Gasteiger partial charge on any atom is -0.399 e. The van der Waals surface area contributed by atoms with Gasteiger partial charge >= 0.3 is 13.3 Å². The largest absolute Gasteiger partial charge is 0.494 e. The maximum atomic E-state index is 12.7. The van der Waals surface area contributed by atoms with E-state index in [9.17, 15) is 21.9 Å². The Bertz CT molecular complexity index is 711. The van der Waals surface area contributed by atoms with Gasteiger partial charge in [-0.3, -0.25) is 4.79 Å². The molecular weight excluding hydrogens is 389 g/mol. The molecule has 0 bridgehead atoms. The topological polar surface area (TPSA) is 56.8 Å². The molecule has 1 aromatic rings. The molecule has 11 heteroatoms. The van der Waals surface area contributed by atoms with Crippen LogP contribution < -0.4 is 15.0 Å². The second-order valence-corrected chi connectivity index (χ2v) is 7.54. The summed E-state index contributed by atoms with van der Waals surface area (Å²) in [6.07, 6.45) is -4.57. The molecule has 0 aromatic heterocycles. The molecule has 0 radical (unpaired) electrons. The lowest BCUT2D eigenvalue weighted by Crippen LogP contribution is -2.41. The third kappa shape index (κ3) is 4.88. The van der Waals surface area contributed by atoms with E-state index in [1.807, 2.05) is 27.7 Å². The van der Waals surface area contributed by atoms with Crippen LogP contribution in [0.2, 0.25) is 0 Å². The van der Waals surface area contributed by atoms with Crippen molar-refractivity contribution in [1.29, 1.82) is 0 Å². The number of rotatable bonds is 5. The summed E-state index contributed by atoms with van der Waals surface area (Å²) < 4.78 is 66.3. The van der Waals surface area contributed by atoms with Crippen molar-refractivity contribution in [1.82, 2.24) is 5.32 Å². The molecule has 1 heterocycles. The van der Waals surface area contributed by atoms with Gasteiger partial charge in [-0.05, 0) is 51.7 Å². The van der Waals surface area contributed by atoms with Gasteiger partial charge in [-0.2, -0.15) is 13.2 Å². The molecule has 150 valence electrons. The van der Waals surface area contributed by atoms with Gasteiger partial charge in [0.2, 0.25) is 0 Å². The summed E-state index contributed by atoms with van der Waals surface area (Å²) in [6.45, 7) is 7.42. The lowest BCUT2D eigenvalue weighted by molar-refractivity contribution is -0.123. The number of alkyl halides is 3. The molecule has 1 N–H and O–H groups in total. The standard InChI is InChI=1S/C16H20BF4NO4S/c1-9-6-10(17-25-14(2,3)15(4,5)26-17)7-11(24-27-21)12(9)13(23)22-8-16(18,19)20/h6-7H,8H2,1-5H3,(H,22,23). The van der Waals surface area contributed by atoms with Crippen LogP contribution in [0.3, 0.4) is 0 Å². The highest BCUT2D eigenvalue weighted by Gasteiger charge is 2.52. The number of aryl methyl sites for hydroxylation is 1. The summed E-state index contributed by atoms with van der Waals surface area (Å²) in [5, 5.41) is 1.76. The first-order valence-corrected chi connectivity index (χ1v) is 8.72. The number of halogens is 4. The van der Waals surface area contributed by atoms with Gasteiger partial charge in [-0.15, -0.1) is 3.89 Å². The van der Waals surface area contributed by atoms with Crippen LogP contribution in [0, 0.1) is 6.92 Å². The fourth-order valence-electron chi connectivity index (χ4n) is 2.56. The molecule has 1 fully saturated rings. The van der Waals surface area contributed by atoms with E-state index in [4.69, 9.17) is 13.5 Å². The number of hydrogen-bond acceptors (Lipinski definition) is 5. The molecule has 27 heavy (non-hydrogen) atoms. The van der Waals surface area contributed by atoms with Crippen molar-refractivity contribution in [2.45, 2.75) is 52.0 Å². The summed E-state index contributed by atoms with van der Waals surface area (Å²) in [5.41, 5.74) is -0.674. The molecule has 0 atom stereocenters. The van der Waals surface area contributed by atoms with Crippen LogP contribution in [0.15, 0.2) is 12.1 Å². The Morgan fingerprint density at radius 2 is 1.78 bits per heavy atom. The van der Waals surface area contributed by atoms with Gasteiger partial charge in [0.1, 0.15) is 6.54 Å². The maximum absolute atomic E-state index is 12.7. The molecule has 1 amide bonds. The highest BCUT2D eigenvalue weighted by Crippen LogP contribution is 2.37. The molecule has 1 aliphatic rings. The van der Waals surface area contributed by atoms with Crippen LogP contribution in [-0.2, 0) is 9.31 Å². The zero-order chi connectivity index (χ0) is 20.6. The van der Waals surface area contributed by atoms with Gasteiger partial charge in [-0.1, -0.05) is 6.07 Å². The van der Waals surface area contributed by atoms with E-state index in [1.165, 1.54) is 13.0 Å². The van der Waals surface area contributed by atoms with Gasteiger partial charge in [0.05, 0.1) is 16.8 Å². The van der Waals surface area contributed by atoms with E-state index in [0.29, 0.717) is 11.0 Å². The molecule has 1 aliphatic heterocycles. The predicted molar refractivity (Wildman–Crippen MR) is 94.6 cm³/mol. The van der Waals surface area contributed by atoms with Gasteiger partial charge in [0, 0.05) is 0 Å². The fraction of sp³-hybridized carbons (Fsp3) is 0.562. The molecule has 5 nitrogen and oxygen atoms in total. The Kier molecular flexibility index (Phi) is 6.08. The highest BCUT2D eigenvalue weighted by molar-refractivity contribution is 7.89. The lowest BCUT2D eigenvalue weighted by atomic mass is 9.77. The summed E-state index contributed by atoms with van der Waals surface area (Å²) in [6, 6.07) is 2.87. The van der Waals surface area contributed by atoms with Crippen molar-refractivity contribution in [2.24, 2.45) is 0 Å². The number of nitrogens with one attached hydrogen (secondary N) is 1. The summed E-state index contributed by atoms with van der Waals surface area (Å²) in [4.78, 5) is 12.2. The summed E-state index contributed by atoms with van der Waals surface area (Å²) in [7, 11) is -0.798. The van der Waals surface area contributed by atoms with Crippen molar-refractivity contribution in [3.63, 3.8) is 0 Å². The van der Waals surface area contributed by atoms with Crippen molar-refractivity contribution in [3.05, 3.63) is 23.3 Å². The Labute approximate surface area is 159 Å². The van der Waals surface area contributed by atoms with E-state index < -0.39 is 49.4 Å². The molecular formula is C16H20BF4NO4S. The molecule has 2 rings (SSSR count). The van der Waals surface area contributed by atoms with Crippen LogP contribution in [0.1, 0.15) is 43.6 Å². The Balaban J connectivity index is 2.35. The van der Waals surface area contributed by atoms with Gasteiger partial charge < -0.3 is 18.8 Å². The Morgan fingerprint density at radius 3 is 2.26 bits per heavy atom. The van der Waals surface area contributed by atoms with E-state index in [1.54, 1.807) is 11.4 Å². The first-order valence-electron chi connectivity index (χ1n) is 8.08. The van der Waals surface area contributed by atoms with Crippen molar-refractivity contribution < 1.29 is 35.3 Å². The molecule has 0 spiro atoms. The van der Waals surface area contributed by atoms with E-state index in [2.05, 4.69) is 0 Å². The molecule has 0 unspecified atom stereocenters. The minimum absolute atomic E-state index is 0.190. The first kappa shape index (κ1) is 21.8. The quantitative estimate of drug-likeness (QED) is 0.459. The fourth-order valence-corrected chi connectivity index (χ4v) is 2.76. The normalized spacial score (nSPS) is 18.5. The van der Waals surface area contributed by atoms with Crippen LogP contribution in [-0.4, -0.2) is 36.9 Å². The second kappa shape index (κ2) is 7.52. The van der Waals surface area contributed by atoms with Gasteiger partial charge in [0.25, 0.3) is 18.3 Å². The zero-order valence-corrected chi connectivity index (χ0v) is 16.3. The van der Waals surface area contributed by atoms with Crippen molar-refractivity contribution in [2.75, 3.05) is 6.54 Å². The minimum atomic E-state index is -4.57. The average molecular weight is 409 g/mol. The van der Waals surface area contributed by atoms with Crippen LogP contribution in [0.5, 0.6) is 5.75 Å². The number of carbonyl (C=O) groups is 1. The number of amides is 1. The molecule has 1 aromatic carbocycles. The lowest BCUT2D eigenvalue weighted by Gasteiger charge is -2.32. The SMILES string of the molecule is Cc1cc(B2OC(C)(C)C(C)(C)O2)cc(OSF)c1C(=O)NCC(F)(F)F. The van der Waals surface area contributed by atoms with E-state index >= 15 is 0 Å². The van der Waals surface area contributed by atoms with Crippen molar-refractivity contribution >= 4 is 30.9 Å². The first-order chi connectivity index (χ1) is 12.3. The highest BCUT2D eigenvalue weighted by atomic mass is 32.2. The van der Waals surface area contributed by atoms with Crippen LogP contribution in [0.25, 0.3) is 0 Å². The predicted octanol–water partition coefficient (Wildman–Crippen LogP) is 3.50. The third-order valence-corrected chi connectivity index (χ3v) is 4.89. The summed E-state index contributed by atoms with van der Waals surface area (Å²) >= 11 is -0.514. The number of hydrogen-bond donors (Lipinski definition) is 1. The molecule has 0 saturated carbocycles. The van der Waals surface area contributed by atoms with E-state index in [0.717, 1.165) is 0 Å². The van der Waals surface area contributed by atoms with Gasteiger partial charge in [-0.25, -0.2) is 0 Å². The van der Waals surface area contributed by atoms with Crippen LogP contribution >= 0.6 is 12.4 Å². The second-order valence-electron chi connectivity index (χ2n) is 7.24. The Hall–Kier alpha value is -1.46. The van der Waals surface area contributed by atoms with Crippen LogP contribution in [0.4, 0.5) is 17.1 Å². The Morgan fingerprint density at radius 1 is 1.22 bits per heavy atom. The average Bonchev–Trinajstić information content (AvgIpc) is 2.72. The zero-order valence-electron chi connectivity index (χ0n) is 15.5. The number of carbonyl (C=O) groups excluding carboxylic acids is 1. The molecule has 0 aliphatic carbocycles. The third-order valence-electron chi connectivity index (χ3n) is 4.64. The summed E-state index contributed by atoms with van der Waals surface area (Å²) in [5.74, 6) is -1.23. The van der Waals surface area contributed by atoms with E-state index in [-0.39, 0.29) is 11.3 Å².